The molecule has 106 valence electrons. The first-order chi connectivity index (χ1) is 8.65. The zero-order valence-corrected chi connectivity index (χ0v) is 11.5. The van der Waals surface area contributed by atoms with E-state index in [1.165, 1.54) is 6.07 Å². The molecule has 4 nitrogen and oxygen atoms in total. The van der Waals surface area contributed by atoms with Crippen LogP contribution in [0.2, 0.25) is 0 Å². The molecule has 0 saturated carbocycles. The fourth-order valence-electron chi connectivity index (χ4n) is 2.07. The number of carbonyl (C=O) groups is 1. The number of likely N-dealkylation sites (tertiary alicyclic amines) is 1. The summed E-state index contributed by atoms with van der Waals surface area (Å²) in [4.78, 5) is 13.8. The maximum absolute atomic E-state index is 13.3. The number of nitrogens with one attached hydrogen (secondary N) is 1. The molecule has 0 atom stereocenters. The highest BCUT2D eigenvalue weighted by Crippen LogP contribution is 2.13. The van der Waals surface area contributed by atoms with E-state index in [9.17, 15) is 9.18 Å². The molecule has 6 heteroatoms. The molecule has 1 amide bonds. The SMILES string of the molecule is Cl.NC1CCN(CC(=O)Nc2ccccc2F)CC1. The van der Waals surface area contributed by atoms with E-state index in [-0.39, 0.29) is 30.0 Å². The third kappa shape index (κ3) is 4.78. The van der Waals surface area contributed by atoms with E-state index in [2.05, 4.69) is 5.32 Å². The number of amides is 1. The van der Waals surface area contributed by atoms with E-state index >= 15 is 0 Å². The van der Waals surface area contributed by atoms with Gasteiger partial charge in [-0.15, -0.1) is 12.4 Å². The molecule has 3 N–H and O–H groups in total. The summed E-state index contributed by atoms with van der Waals surface area (Å²) in [5.41, 5.74) is 6.03. The van der Waals surface area contributed by atoms with E-state index in [4.69, 9.17) is 5.73 Å². The standard InChI is InChI=1S/C13H18FN3O.ClH/c14-11-3-1-2-4-12(11)16-13(18)9-17-7-5-10(15)6-8-17;/h1-4,10H,5-9,15H2,(H,16,18);1H. The van der Waals surface area contributed by atoms with Gasteiger partial charge in [0, 0.05) is 19.1 Å². The second kappa shape index (κ2) is 7.43. The van der Waals surface area contributed by atoms with Crippen molar-refractivity contribution in [2.75, 3.05) is 25.0 Å². The Morgan fingerprint density at radius 3 is 2.63 bits per heavy atom. The summed E-state index contributed by atoms with van der Waals surface area (Å²) >= 11 is 0. The van der Waals surface area contributed by atoms with Gasteiger partial charge in [-0.1, -0.05) is 12.1 Å². The lowest BCUT2D eigenvalue weighted by atomic mass is 10.1. The van der Waals surface area contributed by atoms with Crippen LogP contribution in [0.5, 0.6) is 0 Å². The van der Waals surface area contributed by atoms with Crippen LogP contribution < -0.4 is 11.1 Å². The number of piperidine rings is 1. The smallest absolute Gasteiger partial charge is 0.238 e. The number of carbonyl (C=O) groups excluding carboxylic acids is 1. The maximum Gasteiger partial charge on any atom is 0.238 e. The molecule has 1 aliphatic rings. The molecular weight excluding hydrogens is 269 g/mol. The maximum atomic E-state index is 13.3. The number of nitrogens with zero attached hydrogens (tertiary/aromatic N) is 1. The van der Waals surface area contributed by atoms with Crippen molar-refractivity contribution in [3.63, 3.8) is 0 Å². The summed E-state index contributed by atoms with van der Waals surface area (Å²) in [6.45, 7) is 1.94. The third-order valence-corrected chi connectivity index (χ3v) is 3.15. The molecule has 2 rings (SSSR count). The average Bonchev–Trinajstić information content (AvgIpc) is 2.35. The highest BCUT2D eigenvalue weighted by molar-refractivity contribution is 5.92. The van der Waals surface area contributed by atoms with Crippen molar-refractivity contribution in [1.29, 1.82) is 0 Å². The summed E-state index contributed by atoms with van der Waals surface area (Å²) in [5, 5.41) is 2.58. The van der Waals surface area contributed by atoms with Crippen LogP contribution >= 0.6 is 12.4 Å². The summed E-state index contributed by atoms with van der Waals surface area (Å²) in [5.74, 6) is -0.595. The van der Waals surface area contributed by atoms with Gasteiger partial charge in [0.05, 0.1) is 12.2 Å². The van der Waals surface area contributed by atoms with Crippen LogP contribution in [0.3, 0.4) is 0 Å². The third-order valence-electron chi connectivity index (χ3n) is 3.15. The minimum absolute atomic E-state index is 0. The Kier molecular flexibility index (Phi) is 6.21. The second-order valence-electron chi connectivity index (χ2n) is 4.64. The fourth-order valence-corrected chi connectivity index (χ4v) is 2.07. The van der Waals surface area contributed by atoms with Crippen molar-refractivity contribution in [3.8, 4) is 0 Å². The van der Waals surface area contributed by atoms with E-state index in [0.29, 0.717) is 6.54 Å². The van der Waals surface area contributed by atoms with Gasteiger partial charge in [0.2, 0.25) is 5.91 Å². The number of anilines is 1. The zero-order valence-electron chi connectivity index (χ0n) is 10.6. The Morgan fingerprint density at radius 1 is 1.37 bits per heavy atom. The molecule has 1 aliphatic heterocycles. The molecule has 1 aromatic rings. The molecule has 0 aromatic heterocycles. The Labute approximate surface area is 118 Å². The molecule has 0 aliphatic carbocycles. The van der Waals surface area contributed by atoms with Gasteiger partial charge in [-0.05, 0) is 25.0 Å². The molecule has 1 fully saturated rings. The number of hydrogen-bond acceptors (Lipinski definition) is 3. The predicted molar refractivity (Wildman–Crippen MR) is 75.9 cm³/mol. The number of nitrogens with two attached hydrogens (primary N) is 1. The minimum atomic E-state index is -0.411. The minimum Gasteiger partial charge on any atom is -0.328 e. The van der Waals surface area contributed by atoms with Gasteiger partial charge in [-0.25, -0.2) is 4.39 Å². The van der Waals surface area contributed by atoms with Crippen molar-refractivity contribution < 1.29 is 9.18 Å². The van der Waals surface area contributed by atoms with Crippen LogP contribution in [0, 0.1) is 5.82 Å². The number of benzene rings is 1. The van der Waals surface area contributed by atoms with Gasteiger partial charge in [-0.3, -0.25) is 9.69 Å². The van der Waals surface area contributed by atoms with Crippen LogP contribution in [0.1, 0.15) is 12.8 Å². The highest BCUT2D eigenvalue weighted by Gasteiger charge is 2.18. The monoisotopic (exact) mass is 287 g/mol. The van der Waals surface area contributed by atoms with Crippen LogP contribution in [0.4, 0.5) is 10.1 Å². The molecular formula is C13H19ClFN3O. The van der Waals surface area contributed by atoms with Crippen molar-refractivity contribution in [2.45, 2.75) is 18.9 Å². The first kappa shape index (κ1) is 15.9. The number of para-hydroxylation sites is 1. The summed E-state index contributed by atoms with van der Waals surface area (Å²) < 4.78 is 13.3. The Balaban J connectivity index is 0.00000180. The second-order valence-corrected chi connectivity index (χ2v) is 4.64. The molecule has 0 bridgehead atoms. The zero-order chi connectivity index (χ0) is 13.0. The summed E-state index contributed by atoms with van der Waals surface area (Å²) in [6, 6.07) is 6.42. The average molecular weight is 288 g/mol. The summed E-state index contributed by atoms with van der Waals surface area (Å²) in [7, 11) is 0. The predicted octanol–water partition coefficient (Wildman–Crippen LogP) is 1.61. The lowest BCUT2D eigenvalue weighted by Gasteiger charge is -2.29. The normalized spacial score (nSPS) is 16.7. The first-order valence-electron chi connectivity index (χ1n) is 6.17. The number of hydrogen-bond donors (Lipinski definition) is 2. The topological polar surface area (TPSA) is 58.4 Å². The van der Waals surface area contributed by atoms with Crippen molar-refractivity contribution in [1.82, 2.24) is 4.90 Å². The Hall–Kier alpha value is -1.17. The molecule has 1 aromatic carbocycles. The number of rotatable bonds is 3. The molecule has 1 saturated heterocycles. The lowest BCUT2D eigenvalue weighted by molar-refractivity contribution is -0.117. The van der Waals surface area contributed by atoms with E-state index in [1.54, 1.807) is 18.2 Å². The van der Waals surface area contributed by atoms with E-state index in [1.807, 2.05) is 4.90 Å². The quantitative estimate of drug-likeness (QED) is 0.888. The van der Waals surface area contributed by atoms with Crippen LogP contribution in [0.25, 0.3) is 0 Å². The van der Waals surface area contributed by atoms with Gasteiger partial charge in [0.25, 0.3) is 0 Å². The Morgan fingerprint density at radius 2 is 2.00 bits per heavy atom. The summed E-state index contributed by atoms with van der Waals surface area (Å²) in [6.07, 6.45) is 1.82. The molecule has 1 heterocycles. The van der Waals surface area contributed by atoms with E-state index in [0.717, 1.165) is 25.9 Å². The highest BCUT2D eigenvalue weighted by atomic mass is 35.5. The lowest BCUT2D eigenvalue weighted by Crippen LogP contribution is -2.43. The Bertz CT molecular complexity index is 422. The molecule has 0 radical (unpaired) electrons. The van der Waals surface area contributed by atoms with Crippen molar-refractivity contribution >= 4 is 24.0 Å². The molecule has 0 spiro atoms. The van der Waals surface area contributed by atoms with Gasteiger partial charge in [0.15, 0.2) is 0 Å². The van der Waals surface area contributed by atoms with Gasteiger partial charge in [0.1, 0.15) is 5.82 Å². The molecule has 19 heavy (non-hydrogen) atoms. The van der Waals surface area contributed by atoms with E-state index < -0.39 is 5.82 Å². The van der Waals surface area contributed by atoms with Gasteiger partial charge >= 0.3 is 0 Å². The molecule has 0 unspecified atom stereocenters. The van der Waals surface area contributed by atoms with Crippen molar-refractivity contribution in [2.24, 2.45) is 5.73 Å². The largest absolute Gasteiger partial charge is 0.328 e. The number of halogens is 2. The van der Waals surface area contributed by atoms with Crippen LogP contribution in [0.15, 0.2) is 24.3 Å². The van der Waals surface area contributed by atoms with Crippen LogP contribution in [-0.2, 0) is 4.79 Å². The van der Waals surface area contributed by atoms with Gasteiger partial charge in [-0.2, -0.15) is 0 Å². The first-order valence-corrected chi connectivity index (χ1v) is 6.17. The van der Waals surface area contributed by atoms with Crippen molar-refractivity contribution in [3.05, 3.63) is 30.1 Å². The van der Waals surface area contributed by atoms with Crippen LogP contribution in [-0.4, -0.2) is 36.5 Å². The fraction of sp³-hybridized carbons (Fsp3) is 0.462. The van der Waals surface area contributed by atoms with Gasteiger partial charge < -0.3 is 11.1 Å².